The van der Waals surface area contributed by atoms with Crippen LogP contribution in [0.1, 0.15) is 27.3 Å². The monoisotopic (exact) mass is 242 g/mol. The summed E-state index contributed by atoms with van der Waals surface area (Å²) in [5.74, 6) is -0.00668. The van der Waals surface area contributed by atoms with E-state index in [1.807, 2.05) is 38.1 Å². The molecule has 3 heteroatoms. The second-order valence-corrected chi connectivity index (χ2v) is 4.48. The van der Waals surface area contributed by atoms with Gasteiger partial charge in [-0.3, -0.25) is 4.79 Å². The van der Waals surface area contributed by atoms with Crippen molar-refractivity contribution in [3.8, 4) is 0 Å². The molecule has 0 aliphatic rings. The Kier molecular flexibility index (Phi) is 3.82. The number of amides is 1. The molecule has 2 rings (SSSR count). The Morgan fingerprint density at radius 1 is 1.22 bits per heavy atom. The van der Waals surface area contributed by atoms with Crippen molar-refractivity contribution in [1.82, 2.24) is 10.3 Å². The number of hydrogen-bond donors (Lipinski definition) is 2. The van der Waals surface area contributed by atoms with Crippen LogP contribution in [0.2, 0.25) is 0 Å². The van der Waals surface area contributed by atoms with Gasteiger partial charge in [-0.25, -0.2) is 0 Å². The Morgan fingerprint density at radius 2 is 1.94 bits per heavy atom. The van der Waals surface area contributed by atoms with Gasteiger partial charge >= 0.3 is 0 Å². The largest absolute Gasteiger partial charge is 0.362 e. The van der Waals surface area contributed by atoms with Gasteiger partial charge in [0.05, 0.1) is 5.56 Å². The highest BCUT2D eigenvalue weighted by atomic mass is 16.1. The molecule has 0 aliphatic carbocycles. The van der Waals surface area contributed by atoms with E-state index < -0.39 is 0 Å². The molecule has 0 unspecified atom stereocenters. The molecule has 0 aliphatic heterocycles. The maximum absolute atomic E-state index is 11.9. The van der Waals surface area contributed by atoms with Crippen LogP contribution in [0.5, 0.6) is 0 Å². The number of aromatic amines is 1. The van der Waals surface area contributed by atoms with E-state index in [9.17, 15) is 4.79 Å². The molecule has 1 aromatic heterocycles. The lowest BCUT2D eigenvalue weighted by molar-refractivity contribution is 0.0953. The lowest BCUT2D eigenvalue weighted by Crippen LogP contribution is -2.25. The molecule has 1 aromatic carbocycles. The summed E-state index contributed by atoms with van der Waals surface area (Å²) in [7, 11) is 0. The Bertz CT molecular complexity index is 529. The number of carbonyl (C=O) groups excluding carboxylic acids is 1. The number of aromatic nitrogens is 1. The van der Waals surface area contributed by atoms with Crippen LogP contribution < -0.4 is 5.32 Å². The van der Waals surface area contributed by atoms with Crippen molar-refractivity contribution < 1.29 is 4.79 Å². The van der Waals surface area contributed by atoms with Crippen LogP contribution in [0.15, 0.2) is 36.4 Å². The fourth-order valence-electron chi connectivity index (χ4n) is 2.02. The zero-order chi connectivity index (χ0) is 13.0. The fraction of sp³-hybridized carbons (Fsp3) is 0.267. The molecule has 0 bridgehead atoms. The summed E-state index contributed by atoms with van der Waals surface area (Å²) in [4.78, 5) is 15.1. The molecule has 0 saturated carbocycles. The highest BCUT2D eigenvalue weighted by molar-refractivity contribution is 5.95. The number of nitrogens with one attached hydrogen (secondary N) is 2. The normalized spacial score (nSPS) is 10.3. The van der Waals surface area contributed by atoms with E-state index in [0.717, 1.165) is 23.4 Å². The highest BCUT2D eigenvalue weighted by Gasteiger charge is 2.10. The zero-order valence-corrected chi connectivity index (χ0v) is 10.8. The molecular formula is C15H18N2O. The number of carbonyl (C=O) groups is 1. The summed E-state index contributed by atoms with van der Waals surface area (Å²) in [5.41, 5.74) is 3.91. The number of benzene rings is 1. The van der Waals surface area contributed by atoms with E-state index >= 15 is 0 Å². The zero-order valence-electron chi connectivity index (χ0n) is 10.8. The Labute approximate surface area is 107 Å². The molecule has 0 saturated heterocycles. The lowest BCUT2D eigenvalue weighted by Gasteiger charge is -2.04. The Morgan fingerprint density at radius 3 is 2.56 bits per heavy atom. The van der Waals surface area contributed by atoms with E-state index in [4.69, 9.17) is 0 Å². The third kappa shape index (κ3) is 3.00. The van der Waals surface area contributed by atoms with Gasteiger partial charge in [-0.05, 0) is 31.9 Å². The first-order valence-corrected chi connectivity index (χ1v) is 6.15. The summed E-state index contributed by atoms with van der Waals surface area (Å²) in [6.07, 6.45) is 0.856. The second kappa shape index (κ2) is 5.54. The van der Waals surface area contributed by atoms with Crippen LogP contribution in [0, 0.1) is 13.8 Å². The van der Waals surface area contributed by atoms with E-state index in [2.05, 4.69) is 22.4 Å². The third-order valence-electron chi connectivity index (χ3n) is 2.94. The van der Waals surface area contributed by atoms with Gasteiger partial charge in [0, 0.05) is 17.9 Å². The van der Waals surface area contributed by atoms with Crippen molar-refractivity contribution in [2.24, 2.45) is 0 Å². The first kappa shape index (κ1) is 12.4. The Hall–Kier alpha value is -2.03. The smallest absolute Gasteiger partial charge is 0.253 e. The van der Waals surface area contributed by atoms with Gasteiger partial charge in [-0.15, -0.1) is 0 Å². The number of aryl methyl sites for hydroxylation is 2. The number of rotatable bonds is 4. The van der Waals surface area contributed by atoms with E-state index in [0.29, 0.717) is 6.54 Å². The third-order valence-corrected chi connectivity index (χ3v) is 2.94. The molecule has 0 spiro atoms. The SMILES string of the molecule is Cc1cc(C(=O)NCCc2ccccc2)c(C)[nH]1. The average Bonchev–Trinajstić information content (AvgIpc) is 2.70. The molecule has 0 atom stereocenters. The summed E-state index contributed by atoms with van der Waals surface area (Å²) in [6, 6.07) is 12.0. The van der Waals surface area contributed by atoms with Crippen molar-refractivity contribution in [2.45, 2.75) is 20.3 Å². The van der Waals surface area contributed by atoms with Crippen molar-refractivity contribution in [3.05, 3.63) is 58.9 Å². The molecular weight excluding hydrogens is 224 g/mol. The van der Waals surface area contributed by atoms with Crippen molar-refractivity contribution in [1.29, 1.82) is 0 Å². The fourth-order valence-corrected chi connectivity index (χ4v) is 2.02. The minimum atomic E-state index is -0.00668. The summed E-state index contributed by atoms with van der Waals surface area (Å²) < 4.78 is 0. The maximum Gasteiger partial charge on any atom is 0.253 e. The van der Waals surface area contributed by atoms with Crippen LogP contribution in [0.3, 0.4) is 0 Å². The first-order chi connectivity index (χ1) is 8.66. The van der Waals surface area contributed by atoms with Gasteiger partial charge in [0.1, 0.15) is 0 Å². The van der Waals surface area contributed by atoms with Gasteiger partial charge in [0.25, 0.3) is 5.91 Å². The van der Waals surface area contributed by atoms with Crippen molar-refractivity contribution >= 4 is 5.91 Å². The van der Waals surface area contributed by atoms with Crippen molar-refractivity contribution in [2.75, 3.05) is 6.54 Å². The number of H-pyrrole nitrogens is 1. The molecule has 3 nitrogen and oxygen atoms in total. The van der Waals surface area contributed by atoms with Crippen LogP contribution in [0.25, 0.3) is 0 Å². The molecule has 0 fully saturated rings. The Balaban J connectivity index is 1.87. The summed E-state index contributed by atoms with van der Waals surface area (Å²) in [6.45, 7) is 4.53. The molecule has 1 heterocycles. The minimum absolute atomic E-state index is 0.00668. The van der Waals surface area contributed by atoms with Crippen LogP contribution >= 0.6 is 0 Å². The lowest BCUT2D eigenvalue weighted by atomic mass is 10.1. The molecule has 2 aromatic rings. The summed E-state index contributed by atoms with van der Waals surface area (Å²) >= 11 is 0. The molecule has 94 valence electrons. The molecule has 0 radical (unpaired) electrons. The quantitative estimate of drug-likeness (QED) is 0.850. The van der Waals surface area contributed by atoms with E-state index in [1.165, 1.54) is 5.56 Å². The number of hydrogen-bond acceptors (Lipinski definition) is 1. The first-order valence-electron chi connectivity index (χ1n) is 6.15. The van der Waals surface area contributed by atoms with E-state index in [1.54, 1.807) is 0 Å². The minimum Gasteiger partial charge on any atom is -0.362 e. The highest BCUT2D eigenvalue weighted by Crippen LogP contribution is 2.08. The standard InChI is InChI=1S/C15H18N2O/c1-11-10-14(12(2)17-11)15(18)16-9-8-13-6-4-3-5-7-13/h3-7,10,17H,8-9H2,1-2H3,(H,16,18). The van der Waals surface area contributed by atoms with E-state index in [-0.39, 0.29) is 5.91 Å². The van der Waals surface area contributed by atoms with Crippen LogP contribution in [-0.4, -0.2) is 17.4 Å². The van der Waals surface area contributed by atoms with Gasteiger partial charge in [0.2, 0.25) is 0 Å². The average molecular weight is 242 g/mol. The molecule has 1 amide bonds. The maximum atomic E-state index is 11.9. The van der Waals surface area contributed by atoms with Gasteiger partial charge < -0.3 is 10.3 Å². The molecule has 2 N–H and O–H groups in total. The summed E-state index contributed by atoms with van der Waals surface area (Å²) in [5, 5.41) is 2.94. The second-order valence-electron chi connectivity index (χ2n) is 4.48. The predicted octanol–water partition coefficient (Wildman–Crippen LogP) is 2.60. The van der Waals surface area contributed by atoms with Gasteiger partial charge in [-0.1, -0.05) is 30.3 Å². The van der Waals surface area contributed by atoms with Crippen LogP contribution in [0.4, 0.5) is 0 Å². The van der Waals surface area contributed by atoms with Gasteiger partial charge in [-0.2, -0.15) is 0 Å². The van der Waals surface area contributed by atoms with Gasteiger partial charge in [0.15, 0.2) is 0 Å². The van der Waals surface area contributed by atoms with Crippen molar-refractivity contribution in [3.63, 3.8) is 0 Å². The van der Waals surface area contributed by atoms with Crippen LogP contribution in [-0.2, 0) is 6.42 Å². The molecule has 18 heavy (non-hydrogen) atoms. The predicted molar refractivity (Wildman–Crippen MR) is 72.7 cm³/mol. The topological polar surface area (TPSA) is 44.9 Å².